The molecule has 4 nitrogen and oxygen atoms in total. The molecule has 0 saturated heterocycles. The second-order valence-corrected chi connectivity index (χ2v) is 22.6. The Morgan fingerprint density at radius 2 is 1.20 bits per heavy atom. The van der Waals surface area contributed by atoms with Crippen LogP contribution >= 0.6 is 11.3 Å². The summed E-state index contributed by atoms with van der Waals surface area (Å²) in [5.74, 6) is 0. The first-order valence-electron chi connectivity index (χ1n) is 23.4. The highest BCUT2D eigenvalue weighted by atomic mass is 32.1. The zero-order chi connectivity index (χ0) is 44.6. The third-order valence-electron chi connectivity index (χ3n) is 15.4. The molecule has 66 heavy (non-hydrogen) atoms. The third kappa shape index (κ3) is 5.39. The Balaban J connectivity index is 1.07. The van der Waals surface area contributed by atoms with Gasteiger partial charge in [0, 0.05) is 92.8 Å². The SMILES string of the molecule is CC(C)(C)c1ccc(Nc2cc3sc4cc5c(cc4c3cc2-c2ccc3c4cc6c(cc4n4c3c2[B]c2cc3c(cc2-4)oc2ccccc23)oc2ccccc26)C(C)(C)CCC5(C)C)cc1. The monoisotopic (exact) mass is 871 g/mol. The van der Waals surface area contributed by atoms with E-state index < -0.39 is 0 Å². The molecule has 4 aromatic heterocycles. The molecule has 0 bridgehead atoms. The van der Waals surface area contributed by atoms with Gasteiger partial charge in [0.25, 0.3) is 0 Å². The quantitative estimate of drug-likeness (QED) is 0.180. The fraction of sp³-hybridized carbons (Fsp3) is 0.200. The minimum atomic E-state index is 0.0641. The first-order chi connectivity index (χ1) is 31.8. The van der Waals surface area contributed by atoms with Crippen LogP contribution in [0.5, 0.6) is 0 Å². The summed E-state index contributed by atoms with van der Waals surface area (Å²) in [6.07, 6.45) is 2.38. The summed E-state index contributed by atoms with van der Waals surface area (Å²) in [7, 11) is 2.44. The second-order valence-electron chi connectivity index (χ2n) is 21.5. The molecule has 6 heteroatoms. The van der Waals surface area contributed by atoms with E-state index in [9.17, 15) is 0 Å². The van der Waals surface area contributed by atoms with Gasteiger partial charge < -0.3 is 18.7 Å². The normalized spacial score (nSPS) is 15.4. The highest BCUT2D eigenvalue weighted by Crippen LogP contribution is 2.51. The van der Waals surface area contributed by atoms with Crippen LogP contribution in [0, 0.1) is 0 Å². The molecule has 1 aliphatic carbocycles. The minimum Gasteiger partial charge on any atom is -0.456 e. The summed E-state index contributed by atoms with van der Waals surface area (Å²) in [6, 6.07) is 49.7. The van der Waals surface area contributed by atoms with Gasteiger partial charge in [-0.15, -0.1) is 11.3 Å². The number of anilines is 2. The van der Waals surface area contributed by atoms with E-state index in [1.165, 1.54) is 82.6 Å². The summed E-state index contributed by atoms with van der Waals surface area (Å²) < 4.78 is 18.3. The molecule has 2 aliphatic rings. The molecular formula is C60H48BN2O2S. The number of thiophene rings is 1. The zero-order valence-electron chi connectivity index (χ0n) is 38.4. The van der Waals surface area contributed by atoms with Gasteiger partial charge in [-0.25, -0.2) is 0 Å². The Morgan fingerprint density at radius 1 is 0.561 bits per heavy atom. The summed E-state index contributed by atoms with van der Waals surface area (Å²) in [6.45, 7) is 16.6. The summed E-state index contributed by atoms with van der Waals surface area (Å²) >= 11 is 1.93. The first kappa shape index (κ1) is 38.5. The van der Waals surface area contributed by atoms with Crippen LogP contribution in [-0.2, 0) is 16.2 Å². The third-order valence-corrected chi connectivity index (χ3v) is 16.6. The van der Waals surface area contributed by atoms with Crippen LogP contribution < -0.4 is 16.2 Å². The van der Waals surface area contributed by atoms with Crippen LogP contribution in [0.2, 0.25) is 0 Å². The van der Waals surface area contributed by atoms with Crippen molar-refractivity contribution >= 4 is 127 Å². The first-order valence-corrected chi connectivity index (χ1v) is 24.3. The predicted molar refractivity (Wildman–Crippen MR) is 282 cm³/mol. The van der Waals surface area contributed by atoms with Crippen molar-refractivity contribution in [2.24, 2.45) is 0 Å². The van der Waals surface area contributed by atoms with Gasteiger partial charge in [0.15, 0.2) is 7.28 Å². The smallest absolute Gasteiger partial charge is 0.197 e. The maximum absolute atomic E-state index is 6.57. The van der Waals surface area contributed by atoms with Gasteiger partial charge in [-0.05, 0) is 111 Å². The lowest BCUT2D eigenvalue weighted by molar-refractivity contribution is 0.332. The minimum absolute atomic E-state index is 0.0641. The standard InChI is InChI=1S/C60H48BN2O2S/c1-58(2,3)32-16-18-33(19-17-32)62-47-29-55-42(43-26-44-45(28-54(43)66-55)60(6,7)23-22-59(44,4)5)24-38(47)36-20-21-37-39-25-40-34-12-8-10-14-50(34)64-52(40)30-48(39)63-49-31-53-41(27-46(49)61-56(36)57(37)63)35-13-9-11-15-51(35)65-53/h8-21,24-31,62H,22-23H2,1-7H3. The molecule has 8 aromatic carbocycles. The topological polar surface area (TPSA) is 43.2 Å². The van der Waals surface area contributed by atoms with Gasteiger partial charge in [0.1, 0.15) is 22.3 Å². The summed E-state index contributed by atoms with van der Waals surface area (Å²) in [5.41, 5.74) is 18.5. The lowest BCUT2D eigenvalue weighted by Crippen LogP contribution is -2.37. The second kappa shape index (κ2) is 13.0. The van der Waals surface area contributed by atoms with Gasteiger partial charge >= 0.3 is 0 Å². The van der Waals surface area contributed by atoms with Crippen molar-refractivity contribution in [3.63, 3.8) is 0 Å². The molecule has 0 unspecified atom stereocenters. The highest BCUT2D eigenvalue weighted by Gasteiger charge is 2.38. The fourth-order valence-corrected chi connectivity index (χ4v) is 12.8. The lowest BCUT2D eigenvalue weighted by atomic mass is 9.59. The van der Waals surface area contributed by atoms with Crippen LogP contribution in [0.15, 0.2) is 142 Å². The number of para-hydroxylation sites is 2. The molecule has 1 aliphatic heterocycles. The van der Waals surface area contributed by atoms with Crippen molar-refractivity contribution in [1.29, 1.82) is 0 Å². The van der Waals surface area contributed by atoms with Gasteiger partial charge in [0.2, 0.25) is 0 Å². The maximum Gasteiger partial charge on any atom is 0.197 e. The van der Waals surface area contributed by atoms with Gasteiger partial charge in [-0.1, -0.05) is 121 Å². The van der Waals surface area contributed by atoms with Crippen LogP contribution in [0.3, 0.4) is 0 Å². The van der Waals surface area contributed by atoms with Crippen molar-refractivity contribution in [3.05, 3.63) is 150 Å². The molecule has 0 spiro atoms. The van der Waals surface area contributed by atoms with E-state index in [1.807, 2.05) is 17.4 Å². The van der Waals surface area contributed by atoms with Crippen molar-refractivity contribution < 1.29 is 8.83 Å². The molecule has 1 N–H and O–H groups in total. The van der Waals surface area contributed by atoms with E-state index >= 15 is 0 Å². The maximum atomic E-state index is 6.57. The Morgan fingerprint density at radius 3 is 1.91 bits per heavy atom. The number of hydrogen-bond acceptors (Lipinski definition) is 4. The number of furan rings is 2. The fourth-order valence-electron chi connectivity index (χ4n) is 11.6. The van der Waals surface area contributed by atoms with Crippen molar-refractivity contribution in [1.82, 2.24) is 4.57 Å². The molecular weight excluding hydrogens is 824 g/mol. The van der Waals surface area contributed by atoms with E-state index in [0.29, 0.717) is 0 Å². The number of fused-ring (bicyclic) bond motifs is 15. The molecule has 0 fully saturated rings. The molecule has 0 atom stereocenters. The molecule has 12 aromatic rings. The largest absolute Gasteiger partial charge is 0.456 e. The van der Waals surface area contributed by atoms with E-state index in [2.05, 4.69) is 193 Å². The summed E-state index contributed by atoms with van der Waals surface area (Å²) in [4.78, 5) is 0. The van der Waals surface area contributed by atoms with Crippen molar-refractivity contribution in [2.75, 3.05) is 5.32 Å². The molecule has 5 heterocycles. The Hall–Kier alpha value is -6.76. The van der Waals surface area contributed by atoms with E-state index in [-0.39, 0.29) is 16.2 Å². The Kier molecular flexibility index (Phi) is 7.58. The highest BCUT2D eigenvalue weighted by molar-refractivity contribution is 7.25. The van der Waals surface area contributed by atoms with Gasteiger partial charge in [-0.2, -0.15) is 0 Å². The van der Waals surface area contributed by atoms with Crippen LogP contribution in [0.25, 0.3) is 103 Å². The number of rotatable bonds is 3. The number of benzene rings is 8. The van der Waals surface area contributed by atoms with Crippen LogP contribution in [-0.4, -0.2) is 11.8 Å². The van der Waals surface area contributed by atoms with Crippen molar-refractivity contribution in [3.8, 4) is 16.8 Å². The van der Waals surface area contributed by atoms with Crippen LogP contribution in [0.1, 0.15) is 78.0 Å². The van der Waals surface area contributed by atoms with Crippen LogP contribution in [0.4, 0.5) is 11.4 Å². The Bertz CT molecular complexity index is 4090. The number of nitrogens with one attached hydrogen (secondary N) is 1. The molecule has 0 saturated carbocycles. The number of aromatic nitrogens is 1. The van der Waals surface area contributed by atoms with Gasteiger partial charge in [0.05, 0.1) is 5.52 Å². The lowest BCUT2D eigenvalue weighted by Gasteiger charge is -2.41. The van der Waals surface area contributed by atoms with E-state index in [0.717, 1.165) is 71.9 Å². The molecule has 1 radical (unpaired) electrons. The number of hydrogen-bond donors (Lipinski definition) is 1. The zero-order valence-corrected chi connectivity index (χ0v) is 39.2. The molecule has 0 amide bonds. The molecule has 319 valence electrons. The van der Waals surface area contributed by atoms with Gasteiger partial charge in [-0.3, -0.25) is 0 Å². The average molecular weight is 872 g/mol. The van der Waals surface area contributed by atoms with E-state index in [4.69, 9.17) is 8.83 Å². The van der Waals surface area contributed by atoms with Crippen molar-refractivity contribution in [2.45, 2.75) is 77.6 Å². The number of nitrogens with zero attached hydrogens (tertiary/aromatic N) is 1. The Labute approximate surface area is 388 Å². The van der Waals surface area contributed by atoms with E-state index in [1.54, 1.807) is 0 Å². The predicted octanol–water partition coefficient (Wildman–Crippen LogP) is 16.0. The summed E-state index contributed by atoms with van der Waals surface area (Å²) in [5, 5.41) is 13.6. The molecule has 14 rings (SSSR count). The average Bonchev–Trinajstić information content (AvgIpc) is 4.05.